The van der Waals surface area contributed by atoms with Crippen molar-refractivity contribution in [3.8, 4) is 0 Å². The second-order valence-corrected chi connectivity index (χ2v) is 5.33. The van der Waals surface area contributed by atoms with E-state index in [-0.39, 0.29) is 17.9 Å². The van der Waals surface area contributed by atoms with E-state index in [2.05, 4.69) is 10.6 Å². The van der Waals surface area contributed by atoms with Crippen molar-refractivity contribution in [1.82, 2.24) is 5.32 Å². The van der Waals surface area contributed by atoms with Gasteiger partial charge in [-0.1, -0.05) is 29.8 Å². The van der Waals surface area contributed by atoms with Crippen LogP contribution in [0.1, 0.15) is 5.56 Å². The van der Waals surface area contributed by atoms with Crippen molar-refractivity contribution in [3.63, 3.8) is 0 Å². The summed E-state index contributed by atoms with van der Waals surface area (Å²) in [5, 5.41) is 16.1. The summed E-state index contributed by atoms with van der Waals surface area (Å²) in [6, 6.07) is 12.5. The van der Waals surface area contributed by atoms with Crippen LogP contribution < -0.4 is 10.6 Å². The predicted octanol–water partition coefficient (Wildman–Crippen LogP) is 2.55. The van der Waals surface area contributed by atoms with Crippen LogP contribution in [-0.2, 0) is 16.0 Å². The van der Waals surface area contributed by atoms with E-state index in [0.29, 0.717) is 11.4 Å². The van der Waals surface area contributed by atoms with Crippen LogP contribution in [0.15, 0.2) is 48.5 Å². The summed E-state index contributed by atoms with van der Waals surface area (Å²) in [5.74, 6) is -1.69. The number of hydrogen-bond donors (Lipinski definition) is 2. The highest BCUT2D eigenvalue weighted by atomic mass is 35.5. The molecule has 2 aromatic carbocycles. The molecule has 2 amide bonds. The zero-order chi connectivity index (χ0) is 17.5. The largest absolute Gasteiger partial charge is 0.347 e. The number of halogens is 1. The quantitative estimate of drug-likeness (QED) is 0.493. The van der Waals surface area contributed by atoms with Gasteiger partial charge >= 0.3 is 11.8 Å². The van der Waals surface area contributed by atoms with Crippen LogP contribution in [0, 0.1) is 10.1 Å². The number of hydrogen-bond acceptors (Lipinski definition) is 4. The Morgan fingerprint density at radius 3 is 2.46 bits per heavy atom. The van der Waals surface area contributed by atoms with E-state index in [1.54, 1.807) is 12.1 Å². The van der Waals surface area contributed by atoms with Gasteiger partial charge in [-0.25, -0.2) is 0 Å². The Morgan fingerprint density at radius 2 is 1.79 bits per heavy atom. The number of nitro benzene ring substituents is 1. The third-order valence-corrected chi connectivity index (χ3v) is 3.39. The maximum Gasteiger partial charge on any atom is 0.313 e. The average Bonchev–Trinajstić information content (AvgIpc) is 2.56. The van der Waals surface area contributed by atoms with E-state index in [1.165, 1.54) is 24.3 Å². The van der Waals surface area contributed by atoms with Crippen molar-refractivity contribution in [1.29, 1.82) is 0 Å². The summed E-state index contributed by atoms with van der Waals surface area (Å²) < 4.78 is 0. The van der Waals surface area contributed by atoms with Gasteiger partial charge in [0.05, 0.1) is 4.92 Å². The Morgan fingerprint density at radius 1 is 1.08 bits per heavy atom. The van der Waals surface area contributed by atoms with Gasteiger partial charge in [0.1, 0.15) is 0 Å². The third-order valence-electron chi connectivity index (χ3n) is 3.13. The summed E-state index contributed by atoms with van der Waals surface area (Å²) in [7, 11) is 0. The maximum atomic E-state index is 11.8. The Labute approximate surface area is 142 Å². The fourth-order valence-electron chi connectivity index (χ4n) is 1.94. The van der Waals surface area contributed by atoms with Crippen LogP contribution >= 0.6 is 11.6 Å². The molecule has 0 radical (unpaired) electrons. The number of carbonyl (C=O) groups excluding carboxylic acids is 2. The molecule has 2 N–H and O–H groups in total. The number of carbonyl (C=O) groups is 2. The number of rotatable bonds is 5. The number of nitrogens with one attached hydrogen (secondary N) is 2. The number of benzene rings is 2. The molecule has 2 rings (SSSR count). The summed E-state index contributed by atoms with van der Waals surface area (Å²) >= 11 is 5.78. The molecule has 24 heavy (non-hydrogen) atoms. The number of nitrogens with zero attached hydrogens (tertiary/aromatic N) is 1. The highest BCUT2D eigenvalue weighted by Crippen LogP contribution is 2.16. The molecule has 0 atom stereocenters. The van der Waals surface area contributed by atoms with E-state index in [9.17, 15) is 19.7 Å². The van der Waals surface area contributed by atoms with Gasteiger partial charge in [0, 0.05) is 29.4 Å². The van der Waals surface area contributed by atoms with Gasteiger partial charge in [0.2, 0.25) is 0 Å². The van der Waals surface area contributed by atoms with Crippen molar-refractivity contribution in [2.45, 2.75) is 6.42 Å². The van der Waals surface area contributed by atoms with E-state index in [1.807, 2.05) is 12.1 Å². The van der Waals surface area contributed by atoms with E-state index >= 15 is 0 Å². The van der Waals surface area contributed by atoms with Crippen LogP contribution in [0.5, 0.6) is 0 Å². The van der Waals surface area contributed by atoms with Crippen molar-refractivity contribution < 1.29 is 14.5 Å². The van der Waals surface area contributed by atoms with Crippen molar-refractivity contribution >= 4 is 34.8 Å². The third kappa shape index (κ3) is 5.06. The summed E-state index contributed by atoms with van der Waals surface area (Å²) in [6.07, 6.45) is 0.549. The van der Waals surface area contributed by atoms with Gasteiger partial charge < -0.3 is 10.6 Å². The minimum Gasteiger partial charge on any atom is -0.347 e. The number of non-ortho nitro benzene ring substituents is 1. The fraction of sp³-hybridized carbons (Fsp3) is 0.125. The summed E-state index contributed by atoms with van der Waals surface area (Å²) in [5.41, 5.74) is 0.983. The lowest BCUT2D eigenvalue weighted by Gasteiger charge is -2.07. The Bertz CT molecular complexity index is 762. The van der Waals surface area contributed by atoms with Gasteiger partial charge in [-0.15, -0.1) is 0 Å². The zero-order valence-electron chi connectivity index (χ0n) is 12.5. The predicted molar refractivity (Wildman–Crippen MR) is 89.9 cm³/mol. The van der Waals surface area contributed by atoms with Crippen LogP contribution in [0.25, 0.3) is 0 Å². The average molecular weight is 348 g/mol. The topological polar surface area (TPSA) is 101 Å². The first-order valence-electron chi connectivity index (χ1n) is 7.04. The van der Waals surface area contributed by atoms with Gasteiger partial charge in [-0.05, 0) is 30.2 Å². The molecular weight excluding hydrogens is 334 g/mol. The Balaban J connectivity index is 1.83. The molecular formula is C16H14ClN3O4. The van der Waals surface area contributed by atoms with E-state index in [4.69, 9.17) is 11.6 Å². The lowest BCUT2D eigenvalue weighted by Crippen LogP contribution is -2.36. The SMILES string of the molecule is O=C(NCCc1ccc(Cl)cc1)C(=O)Nc1cccc([N+](=O)[O-])c1. The van der Waals surface area contributed by atoms with E-state index < -0.39 is 16.7 Å². The van der Waals surface area contributed by atoms with Crippen molar-refractivity contribution in [2.24, 2.45) is 0 Å². The molecule has 0 heterocycles. The minimum absolute atomic E-state index is 0.170. The number of amides is 2. The number of anilines is 1. The normalized spacial score (nSPS) is 10.0. The van der Waals surface area contributed by atoms with Crippen LogP contribution in [0.4, 0.5) is 11.4 Å². The van der Waals surface area contributed by atoms with Gasteiger partial charge in [-0.2, -0.15) is 0 Å². The highest BCUT2D eigenvalue weighted by molar-refractivity contribution is 6.39. The molecule has 0 aliphatic carbocycles. The lowest BCUT2D eigenvalue weighted by atomic mass is 10.1. The molecule has 8 heteroatoms. The molecule has 0 spiro atoms. The molecule has 124 valence electrons. The first-order chi connectivity index (χ1) is 11.5. The molecule has 0 saturated heterocycles. The number of nitro groups is 1. The molecule has 0 aliphatic heterocycles. The molecule has 0 unspecified atom stereocenters. The Kier molecular flexibility index (Phi) is 5.86. The van der Waals surface area contributed by atoms with Gasteiger partial charge in [0.25, 0.3) is 5.69 Å². The van der Waals surface area contributed by atoms with Crippen LogP contribution in [-0.4, -0.2) is 23.3 Å². The monoisotopic (exact) mass is 347 g/mol. The van der Waals surface area contributed by atoms with Crippen molar-refractivity contribution in [2.75, 3.05) is 11.9 Å². The first-order valence-corrected chi connectivity index (χ1v) is 7.41. The summed E-state index contributed by atoms with van der Waals surface area (Å²) in [4.78, 5) is 33.6. The molecule has 0 bridgehead atoms. The second-order valence-electron chi connectivity index (χ2n) is 4.89. The molecule has 2 aromatic rings. The van der Waals surface area contributed by atoms with Gasteiger partial charge in [-0.3, -0.25) is 19.7 Å². The molecule has 0 aliphatic rings. The maximum absolute atomic E-state index is 11.8. The second kappa shape index (κ2) is 8.07. The fourth-order valence-corrected chi connectivity index (χ4v) is 2.06. The minimum atomic E-state index is -0.883. The highest BCUT2D eigenvalue weighted by Gasteiger charge is 2.14. The van der Waals surface area contributed by atoms with E-state index in [0.717, 1.165) is 5.56 Å². The van der Waals surface area contributed by atoms with Crippen LogP contribution in [0.3, 0.4) is 0 Å². The lowest BCUT2D eigenvalue weighted by molar-refractivity contribution is -0.384. The standard InChI is InChI=1S/C16H14ClN3O4/c17-12-6-4-11(5-7-12)8-9-18-15(21)16(22)19-13-2-1-3-14(10-13)20(23)24/h1-7,10H,8-9H2,(H,18,21)(H,19,22). The smallest absolute Gasteiger partial charge is 0.313 e. The molecule has 0 saturated carbocycles. The zero-order valence-corrected chi connectivity index (χ0v) is 13.2. The van der Waals surface area contributed by atoms with Gasteiger partial charge in [0.15, 0.2) is 0 Å². The first kappa shape index (κ1) is 17.4. The molecule has 7 nitrogen and oxygen atoms in total. The molecule has 0 aromatic heterocycles. The summed E-state index contributed by atoms with van der Waals surface area (Å²) in [6.45, 7) is 0.281. The van der Waals surface area contributed by atoms with Crippen LogP contribution in [0.2, 0.25) is 5.02 Å². The molecule has 0 fully saturated rings. The van der Waals surface area contributed by atoms with Crippen molar-refractivity contribution in [3.05, 3.63) is 69.2 Å². The Hall–Kier alpha value is -2.93.